The number of ether oxygens (including phenoxy) is 1. The van der Waals surface area contributed by atoms with Gasteiger partial charge in [-0.15, -0.1) is 0 Å². The van der Waals surface area contributed by atoms with E-state index in [9.17, 15) is 22.8 Å². The van der Waals surface area contributed by atoms with E-state index in [4.69, 9.17) is 4.74 Å². The number of sulfonamides is 1. The van der Waals surface area contributed by atoms with E-state index in [0.717, 1.165) is 5.57 Å². The molecule has 0 bridgehead atoms. The van der Waals surface area contributed by atoms with Crippen LogP contribution in [-0.2, 0) is 27.7 Å². The Labute approximate surface area is 187 Å². The molecule has 0 spiro atoms. The quantitative estimate of drug-likeness (QED) is 0.604. The molecular formula is C21H28N4O6S. The molecule has 1 aromatic carbocycles. The molecule has 1 atom stereocenters. The lowest BCUT2D eigenvalue weighted by atomic mass is 10.00. The van der Waals surface area contributed by atoms with E-state index >= 15 is 0 Å². The molecule has 5 amide bonds. The molecule has 2 aliphatic rings. The molecule has 0 aliphatic carbocycles. The molecule has 0 saturated heterocycles. The van der Waals surface area contributed by atoms with Crippen molar-refractivity contribution in [2.45, 2.75) is 51.0 Å². The van der Waals surface area contributed by atoms with Crippen molar-refractivity contribution in [1.29, 1.82) is 0 Å². The number of nitrogens with zero attached hydrogens (tertiary/aromatic N) is 1. The minimum atomic E-state index is -4.09. The average molecular weight is 465 g/mol. The summed E-state index contributed by atoms with van der Waals surface area (Å²) in [6, 6.07) is 1.34. The maximum Gasteiger partial charge on any atom is 0.328 e. The van der Waals surface area contributed by atoms with Gasteiger partial charge in [-0.2, -0.15) is 0 Å². The lowest BCUT2D eigenvalue weighted by Gasteiger charge is -2.28. The highest BCUT2D eigenvalue weighted by Crippen LogP contribution is 2.31. The Morgan fingerprint density at radius 2 is 1.94 bits per heavy atom. The summed E-state index contributed by atoms with van der Waals surface area (Å²) in [5, 5.41) is 5.03. The first-order valence-corrected chi connectivity index (χ1v) is 11.9. The van der Waals surface area contributed by atoms with Gasteiger partial charge in [-0.25, -0.2) is 22.7 Å². The van der Waals surface area contributed by atoms with Crippen molar-refractivity contribution < 1.29 is 27.5 Å². The standard InChI is InChI=1S/C21H28N4O6S/c1-5-13-8-17-14(9-18(13)32(29,30)24-20(27)22-4)7-15(11-31-17)23-21(28)25-10-12(3)16(6-2)19(25)26/h8-9,15H,5-7,10-11H2,1-4H3,(H,23,28)(H2,22,24,27). The molecule has 3 N–H and O–H groups in total. The second-order valence-corrected chi connectivity index (χ2v) is 9.42. The van der Waals surface area contributed by atoms with Crippen molar-refractivity contribution in [3.63, 3.8) is 0 Å². The number of amides is 5. The second kappa shape index (κ2) is 9.19. The van der Waals surface area contributed by atoms with Gasteiger partial charge in [-0.05, 0) is 55.0 Å². The van der Waals surface area contributed by atoms with Gasteiger partial charge in [0.1, 0.15) is 12.4 Å². The molecule has 174 valence electrons. The molecule has 11 heteroatoms. The van der Waals surface area contributed by atoms with Crippen LogP contribution in [0, 0.1) is 0 Å². The van der Waals surface area contributed by atoms with E-state index in [1.165, 1.54) is 18.0 Å². The van der Waals surface area contributed by atoms with Gasteiger partial charge >= 0.3 is 12.1 Å². The minimum absolute atomic E-state index is 0.0138. The van der Waals surface area contributed by atoms with Gasteiger partial charge < -0.3 is 15.4 Å². The number of carbonyl (C=O) groups is 3. The molecule has 0 saturated carbocycles. The SMILES string of the molecule is CCC1=C(C)CN(C(=O)NC2COc3cc(CC)c(S(=O)(=O)NC(=O)NC)cc3C2)C1=O. The van der Waals surface area contributed by atoms with Crippen LogP contribution in [0.4, 0.5) is 9.59 Å². The summed E-state index contributed by atoms with van der Waals surface area (Å²) >= 11 is 0. The number of carbonyl (C=O) groups excluding carboxylic acids is 3. The van der Waals surface area contributed by atoms with E-state index in [-0.39, 0.29) is 24.0 Å². The van der Waals surface area contributed by atoms with Gasteiger partial charge in [-0.1, -0.05) is 13.8 Å². The largest absolute Gasteiger partial charge is 0.491 e. The number of aryl methyl sites for hydroxylation is 1. The Bertz CT molecular complexity index is 1100. The predicted octanol–water partition coefficient (Wildman–Crippen LogP) is 1.45. The fraction of sp³-hybridized carbons (Fsp3) is 0.476. The minimum Gasteiger partial charge on any atom is -0.491 e. The van der Waals surface area contributed by atoms with Gasteiger partial charge in [0, 0.05) is 12.6 Å². The van der Waals surface area contributed by atoms with Gasteiger partial charge in [0.2, 0.25) is 0 Å². The molecule has 0 aromatic heterocycles. The third kappa shape index (κ3) is 4.57. The van der Waals surface area contributed by atoms with Crippen molar-refractivity contribution in [3.8, 4) is 5.75 Å². The average Bonchev–Trinajstić information content (AvgIpc) is 3.05. The van der Waals surface area contributed by atoms with Crippen LogP contribution in [0.15, 0.2) is 28.2 Å². The number of nitrogens with one attached hydrogen (secondary N) is 3. The molecule has 3 rings (SSSR count). The van der Waals surface area contributed by atoms with Crippen molar-refractivity contribution in [2.75, 3.05) is 20.2 Å². The Balaban J connectivity index is 1.78. The summed E-state index contributed by atoms with van der Waals surface area (Å²) in [7, 11) is -2.76. The highest BCUT2D eigenvalue weighted by atomic mass is 32.2. The lowest BCUT2D eigenvalue weighted by Crippen LogP contribution is -2.49. The first-order valence-electron chi connectivity index (χ1n) is 10.4. The summed E-state index contributed by atoms with van der Waals surface area (Å²) in [5.74, 6) is 0.246. The zero-order valence-corrected chi connectivity index (χ0v) is 19.4. The molecule has 10 nitrogen and oxygen atoms in total. The Kier molecular flexibility index (Phi) is 6.77. The third-order valence-corrected chi connectivity index (χ3v) is 7.03. The Morgan fingerprint density at radius 3 is 2.53 bits per heavy atom. The highest BCUT2D eigenvalue weighted by Gasteiger charge is 2.34. The van der Waals surface area contributed by atoms with Crippen molar-refractivity contribution >= 4 is 28.0 Å². The zero-order valence-electron chi connectivity index (χ0n) is 18.6. The van der Waals surface area contributed by atoms with Gasteiger partial charge in [0.25, 0.3) is 15.9 Å². The summed E-state index contributed by atoms with van der Waals surface area (Å²) in [6.07, 6.45) is 1.31. The van der Waals surface area contributed by atoms with Crippen LogP contribution in [0.5, 0.6) is 5.75 Å². The first-order chi connectivity index (χ1) is 15.1. The van der Waals surface area contributed by atoms with Crippen LogP contribution in [0.25, 0.3) is 0 Å². The van der Waals surface area contributed by atoms with Crippen LogP contribution in [0.3, 0.4) is 0 Å². The highest BCUT2D eigenvalue weighted by molar-refractivity contribution is 7.90. The van der Waals surface area contributed by atoms with E-state index < -0.39 is 28.1 Å². The van der Waals surface area contributed by atoms with E-state index in [2.05, 4.69) is 10.6 Å². The molecule has 2 aliphatic heterocycles. The normalized spacial score (nSPS) is 18.2. The van der Waals surface area contributed by atoms with E-state index in [1.54, 1.807) is 13.0 Å². The van der Waals surface area contributed by atoms with Gasteiger partial charge in [0.15, 0.2) is 0 Å². The summed E-state index contributed by atoms with van der Waals surface area (Å²) in [4.78, 5) is 37.9. The Hall–Kier alpha value is -3.08. The summed E-state index contributed by atoms with van der Waals surface area (Å²) < 4.78 is 33.1. The predicted molar refractivity (Wildman–Crippen MR) is 117 cm³/mol. The fourth-order valence-electron chi connectivity index (χ4n) is 3.92. The Morgan fingerprint density at radius 1 is 1.22 bits per heavy atom. The number of benzene rings is 1. The maximum absolute atomic E-state index is 12.7. The van der Waals surface area contributed by atoms with Crippen LogP contribution in [-0.4, -0.2) is 57.5 Å². The summed E-state index contributed by atoms with van der Waals surface area (Å²) in [5.41, 5.74) is 2.63. The van der Waals surface area contributed by atoms with Crippen molar-refractivity contribution in [2.24, 2.45) is 0 Å². The first kappa shape index (κ1) is 23.6. The lowest BCUT2D eigenvalue weighted by molar-refractivity contribution is -0.123. The van der Waals surface area contributed by atoms with Crippen LogP contribution in [0.1, 0.15) is 38.3 Å². The van der Waals surface area contributed by atoms with Crippen molar-refractivity contribution in [1.82, 2.24) is 20.3 Å². The van der Waals surface area contributed by atoms with Gasteiger partial charge in [-0.3, -0.25) is 9.69 Å². The molecule has 2 heterocycles. The van der Waals surface area contributed by atoms with Crippen LogP contribution in [0.2, 0.25) is 0 Å². The fourth-order valence-corrected chi connectivity index (χ4v) is 5.22. The maximum atomic E-state index is 12.7. The third-order valence-electron chi connectivity index (χ3n) is 5.61. The molecule has 1 unspecified atom stereocenters. The molecule has 1 aromatic rings. The molecule has 0 radical (unpaired) electrons. The number of rotatable bonds is 5. The van der Waals surface area contributed by atoms with Crippen LogP contribution < -0.4 is 20.1 Å². The van der Waals surface area contributed by atoms with E-state index in [1.807, 2.05) is 18.6 Å². The number of urea groups is 2. The van der Waals surface area contributed by atoms with Crippen molar-refractivity contribution in [3.05, 3.63) is 34.4 Å². The molecule has 32 heavy (non-hydrogen) atoms. The summed E-state index contributed by atoms with van der Waals surface area (Å²) in [6.45, 7) is 5.97. The molecular weight excluding hydrogens is 436 g/mol. The number of fused-ring (bicyclic) bond motifs is 1. The topological polar surface area (TPSA) is 134 Å². The number of hydrogen-bond donors (Lipinski definition) is 3. The monoisotopic (exact) mass is 464 g/mol. The van der Waals surface area contributed by atoms with Gasteiger partial charge in [0.05, 0.1) is 17.5 Å². The number of hydrogen-bond acceptors (Lipinski definition) is 6. The number of imide groups is 1. The smallest absolute Gasteiger partial charge is 0.328 e. The second-order valence-electron chi connectivity index (χ2n) is 7.77. The van der Waals surface area contributed by atoms with Crippen LogP contribution >= 0.6 is 0 Å². The van der Waals surface area contributed by atoms with E-state index in [0.29, 0.717) is 41.7 Å². The zero-order chi connectivity index (χ0) is 23.6. The molecule has 0 fully saturated rings.